The minimum atomic E-state index is -1.07. The van der Waals surface area contributed by atoms with Crippen LogP contribution in [0.2, 0.25) is 0 Å². The molecule has 0 aromatic heterocycles. The SMILES string of the molecule is CSCC[C@H](NC(=O)c1ccc(C(OCC2COC(C)(C)O2)(OC(C)C)C2CCCCC2)cc1-c1ccccc1C)C(=O)O. The highest BCUT2D eigenvalue weighted by Gasteiger charge is 2.46. The van der Waals surface area contributed by atoms with Gasteiger partial charge in [0.1, 0.15) is 12.1 Å². The molecule has 242 valence electrons. The van der Waals surface area contributed by atoms with Gasteiger partial charge in [-0.25, -0.2) is 4.79 Å². The molecule has 0 radical (unpaired) electrons. The maximum absolute atomic E-state index is 13.8. The van der Waals surface area contributed by atoms with Crippen molar-refractivity contribution in [3.63, 3.8) is 0 Å². The van der Waals surface area contributed by atoms with Crippen LogP contribution in [0, 0.1) is 12.8 Å². The summed E-state index contributed by atoms with van der Waals surface area (Å²) in [6, 6.07) is 12.7. The summed E-state index contributed by atoms with van der Waals surface area (Å²) in [5.41, 5.74) is 3.86. The summed E-state index contributed by atoms with van der Waals surface area (Å²) < 4.78 is 25.7. The van der Waals surface area contributed by atoms with Crippen molar-refractivity contribution in [1.82, 2.24) is 5.32 Å². The van der Waals surface area contributed by atoms with Gasteiger partial charge in [0.15, 0.2) is 11.6 Å². The van der Waals surface area contributed by atoms with E-state index in [0.29, 0.717) is 36.5 Å². The third-order valence-electron chi connectivity index (χ3n) is 8.42. The second kappa shape index (κ2) is 15.2. The number of hydrogen-bond donors (Lipinski definition) is 2. The lowest BCUT2D eigenvalue weighted by atomic mass is 9.78. The van der Waals surface area contributed by atoms with E-state index in [1.165, 1.54) is 6.42 Å². The van der Waals surface area contributed by atoms with Crippen LogP contribution < -0.4 is 5.32 Å². The third kappa shape index (κ3) is 8.43. The summed E-state index contributed by atoms with van der Waals surface area (Å²) in [5, 5.41) is 12.6. The molecular formula is C35H49NO7S. The first kappa shape index (κ1) is 34.4. The summed E-state index contributed by atoms with van der Waals surface area (Å²) in [6.45, 7) is 10.6. The largest absolute Gasteiger partial charge is 0.480 e. The number of rotatable bonds is 14. The molecule has 0 bridgehead atoms. The molecule has 2 unspecified atom stereocenters. The lowest BCUT2D eigenvalue weighted by Gasteiger charge is -2.44. The van der Waals surface area contributed by atoms with Gasteiger partial charge >= 0.3 is 5.97 Å². The molecule has 1 aliphatic heterocycles. The van der Waals surface area contributed by atoms with E-state index in [-0.39, 0.29) is 18.1 Å². The monoisotopic (exact) mass is 627 g/mol. The Kier molecular flexibility index (Phi) is 11.9. The highest BCUT2D eigenvalue weighted by molar-refractivity contribution is 7.98. The first-order chi connectivity index (χ1) is 21.0. The van der Waals surface area contributed by atoms with Crippen molar-refractivity contribution in [1.29, 1.82) is 0 Å². The van der Waals surface area contributed by atoms with Gasteiger partial charge in [-0.1, -0.05) is 49.6 Å². The number of hydrogen-bond acceptors (Lipinski definition) is 7. The summed E-state index contributed by atoms with van der Waals surface area (Å²) in [6.07, 6.45) is 7.15. The Morgan fingerprint density at radius 1 is 1.11 bits per heavy atom. The molecule has 2 aromatic rings. The molecule has 1 saturated heterocycles. The number of thioether (sulfide) groups is 1. The van der Waals surface area contributed by atoms with Gasteiger partial charge < -0.3 is 29.4 Å². The number of aliphatic carboxylic acids is 1. The summed E-state index contributed by atoms with van der Waals surface area (Å²) in [5.74, 6) is -2.48. The van der Waals surface area contributed by atoms with Crippen molar-refractivity contribution >= 4 is 23.6 Å². The maximum Gasteiger partial charge on any atom is 0.326 e. The summed E-state index contributed by atoms with van der Waals surface area (Å²) in [4.78, 5) is 25.7. The Bertz CT molecular complexity index is 1280. The lowest BCUT2D eigenvalue weighted by Crippen LogP contribution is -2.45. The molecule has 3 atom stereocenters. The number of benzene rings is 2. The van der Waals surface area contributed by atoms with Gasteiger partial charge in [0.25, 0.3) is 5.91 Å². The van der Waals surface area contributed by atoms with Crippen LogP contribution in [0.25, 0.3) is 11.1 Å². The van der Waals surface area contributed by atoms with E-state index >= 15 is 0 Å². The zero-order chi connectivity index (χ0) is 31.9. The fraction of sp³-hybridized carbons (Fsp3) is 0.600. The lowest BCUT2D eigenvalue weighted by molar-refractivity contribution is -0.305. The number of aryl methyl sites for hydroxylation is 1. The first-order valence-corrected chi connectivity index (χ1v) is 17.2. The first-order valence-electron chi connectivity index (χ1n) is 15.8. The van der Waals surface area contributed by atoms with Crippen molar-refractivity contribution in [3.05, 3.63) is 59.2 Å². The van der Waals surface area contributed by atoms with Crippen molar-refractivity contribution in [2.75, 3.05) is 25.2 Å². The van der Waals surface area contributed by atoms with E-state index in [1.807, 2.05) is 77.3 Å². The van der Waals surface area contributed by atoms with E-state index in [4.69, 9.17) is 18.9 Å². The van der Waals surface area contributed by atoms with E-state index in [9.17, 15) is 14.7 Å². The van der Waals surface area contributed by atoms with E-state index in [1.54, 1.807) is 17.8 Å². The molecule has 9 heteroatoms. The smallest absolute Gasteiger partial charge is 0.326 e. The molecule has 8 nitrogen and oxygen atoms in total. The molecule has 4 rings (SSSR count). The average Bonchev–Trinajstić information content (AvgIpc) is 3.35. The minimum absolute atomic E-state index is 0.0984. The standard InChI is InChI=1S/C35H49NO7S/c1-23(2)42-35(25-13-8-7-9-14-25,41-22-27-21-40-34(4,5)43-27)26-16-17-29(30(20-26)28-15-11-10-12-24(28)3)32(37)36-31(33(38)39)18-19-44-6/h10-12,15-17,20,23,25,27,31H,7-9,13-14,18-19,21-22H2,1-6H3,(H,36,37)(H,38,39)/t27?,31-,35?/m0/s1. The van der Waals surface area contributed by atoms with Crippen LogP contribution >= 0.6 is 11.8 Å². The van der Waals surface area contributed by atoms with Crippen LogP contribution in [0.3, 0.4) is 0 Å². The van der Waals surface area contributed by atoms with Gasteiger partial charge in [-0.15, -0.1) is 0 Å². The normalized spacial score (nSPS) is 20.8. The van der Waals surface area contributed by atoms with E-state index < -0.39 is 29.5 Å². The number of nitrogens with one attached hydrogen (secondary N) is 1. The zero-order valence-electron chi connectivity index (χ0n) is 27.0. The van der Waals surface area contributed by atoms with Crippen LogP contribution in [0.15, 0.2) is 42.5 Å². The van der Waals surface area contributed by atoms with Crippen LogP contribution in [0.5, 0.6) is 0 Å². The van der Waals surface area contributed by atoms with Crippen molar-refractivity contribution in [2.45, 2.75) is 103 Å². The van der Waals surface area contributed by atoms with Crippen LogP contribution in [-0.4, -0.2) is 66.2 Å². The Hall–Kier alpha value is -2.43. The molecular weight excluding hydrogens is 578 g/mol. The predicted octanol–water partition coefficient (Wildman–Crippen LogP) is 6.92. The molecule has 2 aromatic carbocycles. The molecule has 2 N–H and O–H groups in total. The van der Waals surface area contributed by atoms with Crippen LogP contribution in [-0.2, 0) is 29.5 Å². The molecule has 2 fully saturated rings. The number of carbonyl (C=O) groups is 2. The molecule has 44 heavy (non-hydrogen) atoms. The van der Waals surface area contributed by atoms with Gasteiger partial charge in [0, 0.05) is 17.0 Å². The molecule has 1 saturated carbocycles. The number of carbonyl (C=O) groups excluding carboxylic acids is 1. The predicted molar refractivity (Wildman–Crippen MR) is 174 cm³/mol. The van der Waals surface area contributed by atoms with Crippen LogP contribution in [0.1, 0.15) is 87.7 Å². The van der Waals surface area contributed by atoms with Crippen molar-refractivity contribution in [2.24, 2.45) is 5.92 Å². The highest BCUT2D eigenvalue weighted by atomic mass is 32.2. The fourth-order valence-corrected chi connectivity index (χ4v) is 6.79. The Morgan fingerprint density at radius 2 is 1.84 bits per heavy atom. The van der Waals surface area contributed by atoms with Gasteiger partial charge in [0.2, 0.25) is 0 Å². The fourth-order valence-electron chi connectivity index (χ4n) is 6.32. The molecule has 1 amide bonds. The molecule has 1 heterocycles. The van der Waals surface area contributed by atoms with E-state index in [0.717, 1.165) is 42.4 Å². The van der Waals surface area contributed by atoms with Gasteiger partial charge in [-0.3, -0.25) is 4.79 Å². The second-order valence-electron chi connectivity index (χ2n) is 12.7. The van der Waals surface area contributed by atoms with Crippen molar-refractivity contribution < 1.29 is 33.6 Å². The second-order valence-corrected chi connectivity index (χ2v) is 13.6. The van der Waals surface area contributed by atoms with Gasteiger partial charge in [-0.2, -0.15) is 11.8 Å². The Labute approximate surface area is 266 Å². The molecule has 1 aliphatic carbocycles. The topological polar surface area (TPSA) is 103 Å². The maximum atomic E-state index is 13.8. The number of carboxylic acids is 1. The molecule has 2 aliphatic rings. The average molecular weight is 628 g/mol. The van der Waals surface area contributed by atoms with Crippen molar-refractivity contribution in [3.8, 4) is 11.1 Å². The Balaban J connectivity index is 1.81. The highest BCUT2D eigenvalue weighted by Crippen LogP contribution is 2.46. The van der Waals surface area contributed by atoms with E-state index in [2.05, 4.69) is 5.32 Å². The third-order valence-corrected chi connectivity index (χ3v) is 9.06. The van der Waals surface area contributed by atoms with Crippen LogP contribution in [0.4, 0.5) is 0 Å². The summed E-state index contributed by atoms with van der Waals surface area (Å²) >= 11 is 1.55. The number of carboxylic acid groups (broad SMARTS) is 1. The number of amides is 1. The van der Waals surface area contributed by atoms with Gasteiger partial charge in [0.05, 0.1) is 19.3 Å². The molecule has 0 spiro atoms. The Morgan fingerprint density at radius 3 is 2.45 bits per heavy atom. The quantitative estimate of drug-likeness (QED) is 0.218. The number of ether oxygens (including phenoxy) is 4. The zero-order valence-corrected chi connectivity index (χ0v) is 27.8. The minimum Gasteiger partial charge on any atom is -0.480 e. The summed E-state index contributed by atoms with van der Waals surface area (Å²) in [7, 11) is 0. The van der Waals surface area contributed by atoms with Gasteiger partial charge in [-0.05, 0) is 94.7 Å².